The lowest BCUT2D eigenvalue weighted by Gasteiger charge is -2.22. The molecule has 0 aromatic rings. The molecule has 11 nitrogen and oxygen atoms in total. The molecule has 0 aliphatic carbocycles. The highest BCUT2D eigenvalue weighted by atomic mass is 32.2. The van der Waals surface area contributed by atoms with Gasteiger partial charge in [0.05, 0.1) is 12.5 Å². The second kappa shape index (κ2) is 13.2. The van der Waals surface area contributed by atoms with Crippen LogP contribution in [0.4, 0.5) is 0 Å². The SMILES string of the molecule is CSCCC(N)C(=O)NC(CC(N)=O)C(=O)NC(CS)C(=O)NCC(=O)O. The monoisotopic (exact) mass is 423 g/mol. The number of nitrogens with two attached hydrogens (primary N) is 2. The van der Waals surface area contributed by atoms with Crippen LogP contribution in [0, 0.1) is 0 Å². The Hall–Kier alpha value is -1.99. The van der Waals surface area contributed by atoms with Crippen LogP contribution in [0.15, 0.2) is 0 Å². The molecule has 27 heavy (non-hydrogen) atoms. The van der Waals surface area contributed by atoms with Gasteiger partial charge in [0.2, 0.25) is 23.6 Å². The Bertz CT molecular complexity index is 562. The molecular formula is C14H25N5O6S2. The number of carboxylic acids is 1. The van der Waals surface area contributed by atoms with E-state index in [2.05, 4.69) is 28.6 Å². The summed E-state index contributed by atoms with van der Waals surface area (Å²) in [5, 5.41) is 15.3. The Kier molecular flexibility index (Phi) is 12.2. The molecule has 0 saturated carbocycles. The minimum atomic E-state index is -1.33. The molecule has 0 bridgehead atoms. The highest BCUT2D eigenvalue weighted by molar-refractivity contribution is 7.98. The topological polar surface area (TPSA) is 194 Å². The summed E-state index contributed by atoms with van der Waals surface area (Å²) in [5.74, 6) is -3.86. The normalized spacial score (nSPS) is 13.7. The summed E-state index contributed by atoms with van der Waals surface area (Å²) >= 11 is 5.43. The third kappa shape index (κ3) is 10.7. The Morgan fingerprint density at radius 1 is 1.07 bits per heavy atom. The quantitative estimate of drug-likeness (QED) is 0.153. The molecule has 8 N–H and O–H groups in total. The molecule has 0 aliphatic rings. The van der Waals surface area contributed by atoms with Crippen molar-refractivity contribution < 1.29 is 29.1 Å². The van der Waals surface area contributed by atoms with Gasteiger partial charge in [0.15, 0.2) is 0 Å². The van der Waals surface area contributed by atoms with Gasteiger partial charge in [-0.05, 0) is 18.4 Å². The first-order chi connectivity index (χ1) is 12.6. The molecule has 154 valence electrons. The van der Waals surface area contributed by atoms with Crippen LogP contribution in [0.2, 0.25) is 0 Å². The van der Waals surface area contributed by atoms with Crippen molar-refractivity contribution in [2.75, 3.05) is 24.3 Å². The molecule has 0 radical (unpaired) electrons. The van der Waals surface area contributed by atoms with Gasteiger partial charge >= 0.3 is 5.97 Å². The Morgan fingerprint density at radius 3 is 2.15 bits per heavy atom. The first kappa shape index (κ1) is 25.0. The fourth-order valence-electron chi connectivity index (χ4n) is 1.82. The van der Waals surface area contributed by atoms with E-state index in [1.54, 1.807) is 0 Å². The van der Waals surface area contributed by atoms with Crippen molar-refractivity contribution in [3.05, 3.63) is 0 Å². The highest BCUT2D eigenvalue weighted by Gasteiger charge is 2.28. The van der Waals surface area contributed by atoms with Gasteiger partial charge in [0.25, 0.3) is 0 Å². The average molecular weight is 424 g/mol. The molecule has 0 rings (SSSR count). The maximum atomic E-state index is 12.4. The molecule has 0 aliphatic heterocycles. The number of amides is 4. The third-order valence-corrected chi connectivity index (χ3v) is 4.25. The summed E-state index contributed by atoms with van der Waals surface area (Å²) in [6.45, 7) is -0.634. The van der Waals surface area contributed by atoms with Crippen molar-refractivity contribution in [3.8, 4) is 0 Å². The van der Waals surface area contributed by atoms with E-state index in [1.165, 1.54) is 11.8 Å². The number of hydrogen-bond donors (Lipinski definition) is 7. The number of carbonyl (C=O) groups excluding carboxylic acids is 4. The number of rotatable bonds is 13. The molecule has 0 aromatic heterocycles. The zero-order chi connectivity index (χ0) is 21.0. The molecule has 4 amide bonds. The predicted octanol–water partition coefficient (Wildman–Crippen LogP) is -2.96. The fourth-order valence-corrected chi connectivity index (χ4v) is 2.56. The van der Waals surface area contributed by atoms with E-state index < -0.39 is 60.7 Å². The first-order valence-corrected chi connectivity index (χ1v) is 9.88. The van der Waals surface area contributed by atoms with Crippen LogP contribution >= 0.6 is 24.4 Å². The lowest BCUT2D eigenvalue weighted by atomic mass is 10.1. The second-order valence-corrected chi connectivity index (χ2v) is 6.83. The Morgan fingerprint density at radius 2 is 1.67 bits per heavy atom. The van der Waals surface area contributed by atoms with E-state index >= 15 is 0 Å². The molecule has 0 heterocycles. The number of primary amides is 1. The molecule has 3 atom stereocenters. The Labute approximate surface area is 166 Å². The van der Waals surface area contributed by atoms with E-state index in [1.807, 2.05) is 6.26 Å². The number of aliphatic carboxylic acids is 1. The van der Waals surface area contributed by atoms with Gasteiger partial charge in [-0.1, -0.05) is 0 Å². The smallest absolute Gasteiger partial charge is 0.322 e. The first-order valence-electron chi connectivity index (χ1n) is 7.86. The molecular weight excluding hydrogens is 398 g/mol. The number of thioether (sulfide) groups is 1. The molecule has 0 fully saturated rings. The molecule has 0 spiro atoms. The van der Waals surface area contributed by atoms with Crippen LogP contribution in [0.5, 0.6) is 0 Å². The fraction of sp³-hybridized carbons (Fsp3) is 0.643. The standard InChI is InChI=1S/C14H25N5O6S2/c1-27-3-2-7(15)12(23)18-8(4-10(16)20)14(25)19-9(6-26)13(24)17-5-11(21)22/h7-9,26H,2-6,15H2,1H3,(H2,16,20)(H,17,24)(H,18,23)(H,19,25)(H,21,22). The van der Waals surface area contributed by atoms with Crippen molar-refractivity contribution in [1.82, 2.24) is 16.0 Å². The number of thiol groups is 1. The maximum absolute atomic E-state index is 12.4. The number of carbonyl (C=O) groups is 5. The van der Waals surface area contributed by atoms with Gasteiger partial charge in [-0.25, -0.2) is 0 Å². The second-order valence-electron chi connectivity index (χ2n) is 5.47. The van der Waals surface area contributed by atoms with Gasteiger partial charge in [0.1, 0.15) is 18.6 Å². The van der Waals surface area contributed by atoms with E-state index in [4.69, 9.17) is 16.6 Å². The summed E-state index contributed by atoms with van der Waals surface area (Å²) in [6, 6.07) is -3.37. The summed E-state index contributed by atoms with van der Waals surface area (Å²) in [5.41, 5.74) is 10.8. The number of carboxylic acid groups (broad SMARTS) is 1. The molecule has 13 heteroatoms. The van der Waals surface area contributed by atoms with E-state index in [0.29, 0.717) is 12.2 Å². The molecule has 0 saturated heterocycles. The largest absolute Gasteiger partial charge is 0.480 e. The average Bonchev–Trinajstić information content (AvgIpc) is 2.60. The van der Waals surface area contributed by atoms with Crippen molar-refractivity contribution in [2.45, 2.75) is 31.0 Å². The van der Waals surface area contributed by atoms with Crippen LogP contribution in [0.1, 0.15) is 12.8 Å². The molecule has 3 unspecified atom stereocenters. The van der Waals surface area contributed by atoms with E-state index in [9.17, 15) is 24.0 Å². The van der Waals surface area contributed by atoms with Gasteiger partial charge in [-0.2, -0.15) is 24.4 Å². The van der Waals surface area contributed by atoms with Crippen molar-refractivity contribution in [1.29, 1.82) is 0 Å². The van der Waals surface area contributed by atoms with Crippen LogP contribution in [-0.4, -0.2) is 77.1 Å². The summed E-state index contributed by atoms with van der Waals surface area (Å²) < 4.78 is 0. The summed E-state index contributed by atoms with van der Waals surface area (Å²) in [7, 11) is 0. The summed E-state index contributed by atoms with van der Waals surface area (Å²) in [6.07, 6.45) is 1.72. The molecule has 0 aromatic carbocycles. The van der Waals surface area contributed by atoms with E-state index in [-0.39, 0.29) is 5.75 Å². The minimum absolute atomic E-state index is 0.137. The van der Waals surface area contributed by atoms with Crippen molar-refractivity contribution in [2.24, 2.45) is 11.5 Å². The Balaban J connectivity index is 4.97. The van der Waals surface area contributed by atoms with Crippen LogP contribution < -0.4 is 27.4 Å². The van der Waals surface area contributed by atoms with Crippen molar-refractivity contribution >= 4 is 54.0 Å². The predicted molar refractivity (Wildman–Crippen MR) is 103 cm³/mol. The van der Waals surface area contributed by atoms with Crippen LogP contribution in [0.25, 0.3) is 0 Å². The zero-order valence-electron chi connectivity index (χ0n) is 14.8. The lowest BCUT2D eigenvalue weighted by Crippen LogP contribution is -2.57. The zero-order valence-corrected chi connectivity index (χ0v) is 16.5. The summed E-state index contributed by atoms with van der Waals surface area (Å²) in [4.78, 5) is 58.0. The van der Waals surface area contributed by atoms with Crippen LogP contribution in [0.3, 0.4) is 0 Å². The third-order valence-electron chi connectivity index (χ3n) is 3.24. The number of nitrogens with one attached hydrogen (secondary N) is 3. The van der Waals surface area contributed by atoms with Crippen LogP contribution in [-0.2, 0) is 24.0 Å². The maximum Gasteiger partial charge on any atom is 0.322 e. The van der Waals surface area contributed by atoms with Gasteiger partial charge in [-0.15, -0.1) is 0 Å². The van der Waals surface area contributed by atoms with Gasteiger partial charge in [-0.3, -0.25) is 24.0 Å². The van der Waals surface area contributed by atoms with Crippen molar-refractivity contribution in [3.63, 3.8) is 0 Å². The van der Waals surface area contributed by atoms with Gasteiger partial charge in [0, 0.05) is 5.75 Å². The highest BCUT2D eigenvalue weighted by Crippen LogP contribution is 2.01. The van der Waals surface area contributed by atoms with Gasteiger partial charge < -0.3 is 32.5 Å². The number of hydrogen-bond acceptors (Lipinski definition) is 8. The van der Waals surface area contributed by atoms with E-state index in [0.717, 1.165) is 0 Å². The minimum Gasteiger partial charge on any atom is -0.480 e. The lowest BCUT2D eigenvalue weighted by molar-refractivity contribution is -0.138.